The molecule has 0 aliphatic carbocycles. The summed E-state index contributed by atoms with van der Waals surface area (Å²) in [6.07, 6.45) is 2.58. The Balaban J connectivity index is 1.99. The van der Waals surface area contributed by atoms with E-state index in [0.717, 1.165) is 11.8 Å². The van der Waals surface area contributed by atoms with E-state index in [-0.39, 0.29) is 16.6 Å². The van der Waals surface area contributed by atoms with E-state index < -0.39 is 9.84 Å². The number of hydrogen-bond donors (Lipinski definition) is 1. The first-order valence-corrected chi connectivity index (χ1v) is 7.46. The SMILES string of the molecule is CS(=O)(=O)c1ccc(CNC(=O)c2ccco2)cc1. The van der Waals surface area contributed by atoms with Gasteiger partial charge in [-0.05, 0) is 29.8 Å². The fourth-order valence-corrected chi connectivity index (χ4v) is 2.16. The zero-order valence-corrected chi connectivity index (χ0v) is 11.1. The number of hydrogen-bond acceptors (Lipinski definition) is 4. The second kappa shape index (κ2) is 5.27. The highest BCUT2D eigenvalue weighted by Crippen LogP contribution is 2.10. The van der Waals surface area contributed by atoms with Gasteiger partial charge in [0.25, 0.3) is 5.91 Å². The lowest BCUT2D eigenvalue weighted by Gasteiger charge is -2.04. The van der Waals surface area contributed by atoms with E-state index in [4.69, 9.17) is 4.42 Å². The molecule has 0 aliphatic heterocycles. The van der Waals surface area contributed by atoms with Crippen LogP contribution in [0.4, 0.5) is 0 Å². The summed E-state index contributed by atoms with van der Waals surface area (Å²) in [5.41, 5.74) is 0.812. The molecule has 0 bridgehead atoms. The van der Waals surface area contributed by atoms with Gasteiger partial charge < -0.3 is 9.73 Å². The molecule has 2 aromatic rings. The minimum Gasteiger partial charge on any atom is -0.459 e. The summed E-state index contributed by atoms with van der Waals surface area (Å²) in [6.45, 7) is 0.309. The third-order valence-electron chi connectivity index (χ3n) is 2.55. The maximum Gasteiger partial charge on any atom is 0.287 e. The Morgan fingerprint density at radius 2 is 1.89 bits per heavy atom. The topological polar surface area (TPSA) is 76.4 Å². The van der Waals surface area contributed by atoms with Gasteiger partial charge in [-0.15, -0.1) is 0 Å². The maximum absolute atomic E-state index is 11.6. The first-order chi connectivity index (χ1) is 8.97. The molecule has 100 valence electrons. The fourth-order valence-electron chi connectivity index (χ4n) is 1.53. The zero-order valence-electron chi connectivity index (χ0n) is 10.3. The minimum absolute atomic E-state index is 0.243. The van der Waals surface area contributed by atoms with Crippen molar-refractivity contribution in [3.8, 4) is 0 Å². The van der Waals surface area contributed by atoms with Crippen molar-refractivity contribution in [3.05, 3.63) is 54.0 Å². The molecule has 5 nitrogen and oxygen atoms in total. The molecule has 1 heterocycles. The number of benzene rings is 1. The Kier molecular flexibility index (Phi) is 3.71. The van der Waals surface area contributed by atoms with Gasteiger partial charge >= 0.3 is 0 Å². The van der Waals surface area contributed by atoms with Gasteiger partial charge in [-0.2, -0.15) is 0 Å². The van der Waals surface area contributed by atoms with Crippen LogP contribution in [0.15, 0.2) is 52.0 Å². The van der Waals surface area contributed by atoms with Crippen LogP contribution in [0.3, 0.4) is 0 Å². The number of furan rings is 1. The van der Waals surface area contributed by atoms with Crippen molar-refractivity contribution in [2.45, 2.75) is 11.4 Å². The summed E-state index contributed by atoms with van der Waals surface area (Å²) in [4.78, 5) is 11.9. The average Bonchev–Trinajstić information content (AvgIpc) is 2.89. The molecule has 0 radical (unpaired) electrons. The Bertz CT molecular complexity index is 657. The van der Waals surface area contributed by atoms with Crippen molar-refractivity contribution < 1.29 is 17.6 Å². The van der Waals surface area contributed by atoms with Crippen molar-refractivity contribution in [1.29, 1.82) is 0 Å². The summed E-state index contributed by atoms with van der Waals surface area (Å²) >= 11 is 0. The summed E-state index contributed by atoms with van der Waals surface area (Å²) < 4.78 is 27.5. The van der Waals surface area contributed by atoms with E-state index in [1.165, 1.54) is 18.4 Å². The lowest BCUT2D eigenvalue weighted by molar-refractivity contribution is 0.0923. The number of sulfone groups is 1. The molecule has 1 aromatic carbocycles. The van der Waals surface area contributed by atoms with Gasteiger partial charge in [0.2, 0.25) is 0 Å². The van der Waals surface area contributed by atoms with E-state index in [9.17, 15) is 13.2 Å². The molecule has 6 heteroatoms. The number of carbonyl (C=O) groups is 1. The van der Waals surface area contributed by atoms with Crippen molar-refractivity contribution >= 4 is 15.7 Å². The number of nitrogens with one attached hydrogen (secondary N) is 1. The second-order valence-electron chi connectivity index (χ2n) is 4.08. The van der Waals surface area contributed by atoms with Gasteiger partial charge in [0, 0.05) is 12.8 Å². The average molecular weight is 279 g/mol. The van der Waals surface area contributed by atoms with Crippen LogP contribution in [0.2, 0.25) is 0 Å². The zero-order chi connectivity index (χ0) is 13.9. The van der Waals surface area contributed by atoms with Crippen LogP contribution in [0.5, 0.6) is 0 Å². The van der Waals surface area contributed by atoms with E-state index >= 15 is 0 Å². The van der Waals surface area contributed by atoms with Gasteiger partial charge in [0.1, 0.15) is 0 Å². The van der Waals surface area contributed by atoms with Crippen LogP contribution in [0.1, 0.15) is 16.1 Å². The fraction of sp³-hybridized carbons (Fsp3) is 0.154. The standard InChI is InChI=1S/C13H13NO4S/c1-19(16,17)11-6-4-10(5-7-11)9-14-13(15)12-3-2-8-18-12/h2-8H,9H2,1H3,(H,14,15). The van der Waals surface area contributed by atoms with Crippen LogP contribution in [0.25, 0.3) is 0 Å². The van der Waals surface area contributed by atoms with Gasteiger partial charge in [-0.25, -0.2) is 8.42 Å². The van der Waals surface area contributed by atoms with E-state index in [2.05, 4.69) is 5.32 Å². The highest BCUT2D eigenvalue weighted by molar-refractivity contribution is 7.90. The van der Waals surface area contributed by atoms with E-state index in [1.54, 1.807) is 24.3 Å². The van der Waals surface area contributed by atoms with Gasteiger partial charge in [0.15, 0.2) is 15.6 Å². The van der Waals surface area contributed by atoms with Crippen LogP contribution in [0, 0.1) is 0 Å². The monoisotopic (exact) mass is 279 g/mol. The molecule has 1 aromatic heterocycles. The third kappa shape index (κ3) is 3.45. The number of rotatable bonds is 4. The summed E-state index contributed by atoms with van der Waals surface area (Å²) in [7, 11) is -3.19. The predicted octanol–water partition coefficient (Wildman–Crippen LogP) is 1.61. The Hall–Kier alpha value is -2.08. The molecule has 1 N–H and O–H groups in total. The Morgan fingerprint density at radius 3 is 2.42 bits per heavy atom. The molecule has 0 fully saturated rings. The van der Waals surface area contributed by atoms with Crippen LogP contribution >= 0.6 is 0 Å². The maximum atomic E-state index is 11.6. The Labute approximate surface area is 111 Å². The van der Waals surface area contributed by atoms with E-state index in [0.29, 0.717) is 6.54 Å². The summed E-state index contributed by atoms with van der Waals surface area (Å²) in [5.74, 6) is -0.0649. The molecule has 2 rings (SSSR count). The molecule has 19 heavy (non-hydrogen) atoms. The van der Waals surface area contributed by atoms with E-state index in [1.807, 2.05) is 0 Å². The molecular formula is C13H13NO4S. The molecule has 0 atom stereocenters. The lowest BCUT2D eigenvalue weighted by Crippen LogP contribution is -2.22. The van der Waals surface area contributed by atoms with Crippen molar-refractivity contribution in [1.82, 2.24) is 5.32 Å². The van der Waals surface area contributed by atoms with Crippen LogP contribution in [-0.2, 0) is 16.4 Å². The minimum atomic E-state index is -3.19. The number of carbonyl (C=O) groups excluding carboxylic acids is 1. The lowest BCUT2D eigenvalue weighted by atomic mass is 10.2. The smallest absolute Gasteiger partial charge is 0.287 e. The molecular weight excluding hydrogens is 266 g/mol. The predicted molar refractivity (Wildman–Crippen MR) is 69.4 cm³/mol. The quantitative estimate of drug-likeness (QED) is 0.922. The largest absolute Gasteiger partial charge is 0.459 e. The first kappa shape index (κ1) is 13.4. The van der Waals surface area contributed by atoms with Crippen molar-refractivity contribution in [2.24, 2.45) is 0 Å². The van der Waals surface area contributed by atoms with Gasteiger partial charge in [0.05, 0.1) is 11.2 Å². The first-order valence-electron chi connectivity index (χ1n) is 5.57. The molecule has 0 saturated carbocycles. The van der Waals surface area contributed by atoms with Crippen molar-refractivity contribution in [3.63, 3.8) is 0 Å². The normalized spacial score (nSPS) is 11.2. The van der Waals surface area contributed by atoms with Gasteiger partial charge in [-0.1, -0.05) is 12.1 Å². The van der Waals surface area contributed by atoms with Crippen LogP contribution < -0.4 is 5.32 Å². The summed E-state index contributed by atoms with van der Waals surface area (Å²) in [5, 5.41) is 2.68. The molecule has 0 aliphatic rings. The van der Waals surface area contributed by atoms with Crippen molar-refractivity contribution in [2.75, 3.05) is 6.26 Å². The summed E-state index contributed by atoms with van der Waals surface area (Å²) in [6, 6.07) is 9.57. The highest BCUT2D eigenvalue weighted by atomic mass is 32.2. The highest BCUT2D eigenvalue weighted by Gasteiger charge is 2.09. The molecule has 0 spiro atoms. The van der Waals surface area contributed by atoms with Gasteiger partial charge in [-0.3, -0.25) is 4.79 Å². The molecule has 1 amide bonds. The number of amides is 1. The molecule has 0 saturated heterocycles. The Morgan fingerprint density at radius 1 is 1.21 bits per heavy atom. The molecule has 0 unspecified atom stereocenters. The third-order valence-corrected chi connectivity index (χ3v) is 3.68. The van der Waals surface area contributed by atoms with Crippen LogP contribution in [-0.4, -0.2) is 20.6 Å². The second-order valence-corrected chi connectivity index (χ2v) is 6.09.